The minimum atomic E-state index is 0. The largest absolute Gasteiger partial charge is 0.396 e. The monoisotopic (exact) mass is 312 g/mol. The first-order valence-corrected chi connectivity index (χ1v) is 6.09. The molecule has 1 fully saturated rings. The molecule has 1 saturated heterocycles. The van der Waals surface area contributed by atoms with Gasteiger partial charge in [-0.2, -0.15) is 0 Å². The number of halogens is 3. The van der Waals surface area contributed by atoms with E-state index in [-0.39, 0.29) is 24.8 Å². The van der Waals surface area contributed by atoms with Crippen LogP contribution in [0.3, 0.4) is 0 Å². The molecule has 0 radical (unpaired) electrons. The van der Waals surface area contributed by atoms with Crippen LogP contribution in [0.25, 0.3) is 0 Å². The van der Waals surface area contributed by atoms with Crippen molar-refractivity contribution in [3.63, 3.8) is 0 Å². The smallest absolute Gasteiger partial charge is 0.129 e. The van der Waals surface area contributed by atoms with Gasteiger partial charge in [-0.1, -0.05) is 17.7 Å². The summed E-state index contributed by atoms with van der Waals surface area (Å²) in [6, 6.07) is 3.84. The molecular formula is C12H19Cl3N2O. The summed E-state index contributed by atoms with van der Waals surface area (Å²) in [6.45, 7) is 3.30. The van der Waals surface area contributed by atoms with E-state index in [2.05, 4.69) is 9.88 Å². The molecule has 3 nitrogen and oxygen atoms in total. The SMILES string of the molecule is Cl.Cl.OCC1CCCN(Cc2ccc(Cl)nc2)C1. The lowest BCUT2D eigenvalue weighted by atomic mass is 9.99. The van der Waals surface area contributed by atoms with Crippen LogP contribution in [-0.2, 0) is 6.54 Å². The normalized spacial score (nSPS) is 19.8. The number of piperidine rings is 1. The van der Waals surface area contributed by atoms with E-state index in [4.69, 9.17) is 16.7 Å². The van der Waals surface area contributed by atoms with Gasteiger partial charge in [0.05, 0.1) is 0 Å². The summed E-state index contributed by atoms with van der Waals surface area (Å²) < 4.78 is 0. The van der Waals surface area contributed by atoms with Crippen molar-refractivity contribution in [1.29, 1.82) is 0 Å². The molecule has 0 aromatic carbocycles. The number of aromatic nitrogens is 1. The lowest BCUT2D eigenvalue weighted by Crippen LogP contribution is -2.36. The molecule has 0 bridgehead atoms. The van der Waals surface area contributed by atoms with Gasteiger partial charge >= 0.3 is 0 Å². The standard InChI is InChI=1S/C12H17ClN2O.2ClH/c13-12-4-3-10(6-14-12)7-15-5-1-2-11(8-15)9-16;;/h3-4,6,11,16H,1-2,5,7-9H2;2*1H. The maximum atomic E-state index is 9.15. The molecule has 1 aliphatic heterocycles. The molecule has 1 N–H and O–H groups in total. The van der Waals surface area contributed by atoms with Crippen LogP contribution in [-0.4, -0.2) is 34.7 Å². The van der Waals surface area contributed by atoms with Crippen LogP contribution >= 0.6 is 36.4 Å². The summed E-state index contributed by atoms with van der Waals surface area (Å²) in [5, 5.41) is 9.69. The van der Waals surface area contributed by atoms with Crippen molar-refractivity contribution in [1.82, 2.24) is 9.88 Å². The van der Waals surface area contributed by atoms with Gasteiger partial charge in [0.15, 0.2) is 0 Å². The number of pyridine rings is 1. The molecule has 1 aliphatic rings. The Morgan fingerprint density at radius 1 is 1.39 bits per heavy atom. The third-order valence-electron chi connectivity index (χ3n) is 3.06. The third-order valence-corrected chi connectivity index (χ3v) is 3.28. The molecule has 0 amide bonds. The summed E-state index contributed by atoms with van der Waals surface area (Å²) in [4.78, 5) is 6.44. The predicted octanol–water partition coefficient (Wildman–Crippen LogP) is 2.78. The molecule has 1 aromatic heterocycles. The van der Waals surface area contributed by atoms with Gasteiger partial charge in [0, 0.05) is 25.9 Å². The Labute approximate surface area is 125 Å². The van der Waals surface area contributed by atoms with E-state index in [1.165, 1.54) is 12.0 Å². The summed E-state index contributed by atoms with van der Waals surface area (Å²) in [5.74, 6) is 0.439. The van der Waals surface area contributed by atoms with Gasteiger partial charge in [-0.05, 0) is 36.9 Å². The average molecular weight is 314 g/mol. The minimum Gasteiger partial charge on any atom is -0.396 e. The highest BCUT2D eigenvalue weighted by Gasteiger charge is 2.18. The Kier molecular flexibility index (Phi) is 8.91. The van der Waals surface area contributed by atoms with E-state index in [0.717, 1.165) is 26.1 Å². The van der Waals surface area contributed by atoms with Crippen LogP contribution in [0.4, 0.5) is 0 Å². The van der Waals surface area contributed by atoms with Gasteiger partial charge in [-0.3, -0.25) is 4.90 Å². The van der Waals surface area contributed by atoms with Crippen LogP contribution < -0.4 is 0 Å². The highest BCUT2D eigenvalue weighted by Crippen LogP contribution is 2.18. The van der Waals surface area contributed by atoms with E-state index in [0.29, 0.717) is 17.7 Å². The van der Waals surface area contributed by atoms with Crippen molar-refractivity contribution >= 4 is 36.4 Å². The van der Waals surface area contributed by atoms with Crippen LogP contribution in [0.5, 0.6) is 0 Å². The average Bonchev–Trinajstić information content (AvgIpc) is 2.32. The summed E-state index contributed by atoms with van der Waals surface area (Å²) >= 11 is 5.74. The highest BCUT2D eigenvalue weighted by molar-refractivity contribution is 6.29. The maximum absolute atomic E-state index is 9.15. The van der Waals surface area contributed by atoms with E-state index in [1.54, 1.807) is 0 Å². The van der Waals surface area contributed by atoms with Gasteiger partial charge in [0.1, 0.15) is 5.15 Å². The zero-order chi connectivity index (χ0) is 11.4. The zero-order valence-electron chi connectivity index (χ0n) is 10.1. The van der Waals surface area contributed by atoms with E-state index in [9.17, 15) is 0 Å². The molecule has 1 atom stereocenters. The number of aliphatic hydroxyl groups is 1. The second kappa shape index (κ2) is 8.94. The van der Waals surface area contributed by atoms with E-state index >= 15 is 0 Å². The molecule has 1 unspecified atom stereocenters. The Balaban J connectivity index is 0.00000144. The number of hydrogen-bond donors (Lipinski definition) is 1. The number of nitrogens with zero attached hydrogens (tertiary/aromatic N) is 2. The van der Waals surface area contributed by atoms with Crippen LogP contribution in [0, 0.1) is 5.92 Å². The second-order valence-electron chi connectivity index (χ2n) is 4.42. The summed E-state index contributed by atoms with van der Waals surface area (Å²) in [6.07, 6.45) is 4.14. The number of hydrogen-bond acceptors (Lipinski definition) is 3. The Bertz CT molecular complexity index is 335. The number of aliphatic hydroxyl groups excluding tert-OH is 1. The number of likely N-dealkylation sites (tertiary alicyclic amines) is 1. The molecule has 0 aliphatic carbocycles. The Hall–Kier alpha value is -0.0600. The first kappa shape index (κ1) is 17.9. The molecule has 1 aromatic rings. The Morgan fingerprint density at radius 3 is 2.78 bits per heavy atom. The molecule has 2 heterocycles. The first-order chi connectivity index (χ1) is 7.78. The molecule has 0 spiro atoms. The first-order valence-electron chi connectivity index (χ1n) is 5.71. The van der Waals surface area contributed by atoms with Gasteiger partial charge < -0.3 is 5.11 Å². The zero-order valence-corrected chi connectivity index (χ0v) is 12.5. The molecule has 0 saturated carbocycles. The van der Waals surface area contributed by atoms with E-state index in [1.807, 2.05) is 18.3 Å². The molecule has 2 rings (SSSR count). The van der Waals surface area contributed by atoms with Gasteiger partial charge in [0.2, 0.25) is 0 Å². The van der Waals surface area contributed by atoms with Crippen molar-refractivity contribution in [2.75, 3.05) is 19.7 Å². The fourth-order valence-electron chi connectivity index (χ4n) is 2.20. The molecule has 18 heavy (non-hydrogen) atoms. The molecular weight excluding hydrogens is 295 g/mol. The highest BCUT2D eigenvalue weighted by atomic mass is 35.5. The second-order valence-corrected chi connectivity index (χ2v) is 4.80. The summed E-state index contributed by atoms with van der Waals surface area (Å²) in [5.41, 5.74) is 1.18. The van der Waals surface area contributed by atoms with Crippen LogP contribution in [0.1, 0.15) is 18.4 Å². The summed E-state index contributed by atoms with van der Waals surface area (Å²) in [7, 11) is 0. The Morgan fingerprint density at radius 2 is 2.17 bits per heavy atom. The lowest BCUT2D eigenvalue weighted by Gasteiger charge is -2.31. The van der Waals surface area contributed by atoms with Gasteiger partial charge in [-0.15, -0.1) is 24.8 Å². The maximum Gasteiger partial charge on any atom is 0.129 e. The minimum absolute atomic E-state index is 0. The van der Waals surface area contributed by atoms with Gasteiger partial charge in [0.25, 0.3) is 0 Å². The van der Waals surface area contributed by atoms with Crippen LogP contribution in [0.2, 0.25) is 5.15 Å². The lowest BCUT2D eigenvalue weighted by molar-refractivity contribution is 0.116. The van der Waals surface area contributed by atoms with Crippen molar-refractivity contribution in [3.05, 3.63) is 29.0 Å². The quantitative estimate of drug-likeness (QED) is 0.872. The number of rotatable bonds is 3. The molecule has 6 heteroatoms. The predicted molar refractivity (Wildman–Crippen MR) is 78.8 cm³/mol. The fraction of sp³-hybridized carbons (Fsp3) is 0.583. The topological polar surface area (TPSA) is 36.4 Å². The van der Waals surface area contributed by atoms with Crippen molar-refractivity contribution in [3.8, 4) is 0 Å². The van der Waals surface area contributed by atoms with Crippen molar-refractivity contribution in [2.24, 2.45) is 5.92 Å². The van der Waals surface area contributed by atoms with Crippen molar-refractivity contribution < 1.29 is 5.11 Å². The molecule has 104 valence electrons. The van der Waals surface area contributed by atoms with Gasteiger partial charge in [-0.25, -0.2) is 4.98 Å². The van der Waals surface area contributed by atoms with Crippen molar-refractivity contribution in [2.45, 2.75) is 19.4 Å². The van der Waals surface area contributed by atoms with Crippen LogP contribution in [0.15, 0.2) is 18.3 Å². The van der Waals surface area contributed by atoms with E-state index < -0.39 is 0 Å². The third kappa shape index (κ3) is 5.29. The fourth-order valence-corrected chi connectivity index (χ4v) is 2.31.